The number of carbonyl (C=O) groups is 1. The average Bonchev–Trinajstić information content (AvgIpc) is 2.83. The number of amides is 1. The average molecular weight is 487 g/mol. The third kappa shape index (κ3) is 7.09. The fraction of sp³-hybridized carbons (Fsp3) is 0.269. The van der Waals surface area contributed by atoms with Gasteiger partial charge in [-0.25, -0.2) is 13.8 Å². The van der Waals surface area contributed by atoms with Gasteiger partial charge in [-0.2, -0.15) is 0 Å². The van der Waals surface area contributed by atoms with Crippen LogP contribution >= 0.6 is 11.6 Å². The van der Waals surface area contributed by atoms with E-state index in [1.54, 1.807) is 62.3 Å². The first kappa shape index (κ1) is 26.9. The summed E-state index contributed by atoms with van der Waals surface area (Å²) < 4.78 is 28.0. The molecular formula is C26H29ClF2N4O. The molecule has 0 heterocycles. The van der Waals surface area contributed by atoms with Gasteiger partial charge in [0.2, 0.25) is 0 Å². The number of nitrogens with one attached hydrogen (secondary N) is 1. The van der Waals surface area contributed by atoms with E-state index >= 15 is 0 Å². The van der Waals surface area contributed by atoms with Crippen LogP contribution in [0.1, 0.15) is 50.0 Å². The number of amidine groups is 1. The van der Waals surface area contributed by atoms with Crippen LogP contribution in [-0.2, 0) is 0 Å². The summed E-state index contributed by atoms with van der Waals surface area (Å²) in [6.45, 7) is 7.92. The number of benzene rings is 2. The number of allylic oxidation sites excluding steroid dienone is 2. The van der Waals surface area contributed by atoms with Gasteiger partial charge in [0.1, 0.15) is 0 Å². The molecule has 180 valence electrons. The standard InChI is InChI=1S/C26H29ClF2N4O/c1-6-14-30-25(32-20-10-8-19(9-11-20)26(34)33(5)15-7-2)18(4)31-16-17(3)21-12-13-22(27)24(29)23(21)28/h6,8-14,16H,7,15H2,1-5H3,(H,30,32)/b14-6-,17-16+,31-18?. The Bertz CT molecular complexity index is 1140. The van der Waals surface area contributed by atoms with Gasteiger partial charge in [-0.3, -0.25) is 9.79 Å². The monoisotopic (exact) mass is 486 g/mol. The molecule has 34 heavy (non-hydrogen) atoms. The Balaban J connectivity index is 2.26. The van der Waals surface area contributed by atoms with Gasteiger partial charge in [-0.05, 0) is 63.1 Å². The zero-order valence-electron chi connectivity index (χ0n) is 20.0. The minimum atomic E-state index is -1.09. The lowest BCUT2D eigenvalue weighted by molar-refractivity contribution is 0.0795. The van der Waals surface area contributed by atoms with E-state index in [0.717, 1.165) is 12.1 Å². The fourth-order valence-electron chi connectivity index (χ4n) is 3.01. The molecule has 0 aromatic heterocycles. The lowest BCUT2D eigenvalue weighted by atomic mass is 10.1. The first-order valence-electron chi connectivity index (χ1n) is 10.9. The third-order valence-electron chi connectivity index (χ3n) is 4.91. The number of halogens is 3. The SMILES string of the molecule is C/C=C\N=C(Nc1ccc(C(=O)N(C)CCC)cc1)C(C)=N/C=C(\C)c1ccc(Cl)c(F)c1F. The number of hydrogen-bond donors (Lipinski definition) is 1. The summed E-state index contributed by atoms with van der Waals surface area (Å²) in [6.07, 6.45) is 5.72. The lowest BCUT2D eigenvalue weighted by Crippen LogP contribution is -2.27. The number of rotatable bonds is 8. The van der Waals surface area contributed by atoms with E-state index in [9.17, 15) is 13.6 Å². The van der Waals surface area contributed by atoms with Crippen molar-refractivity contribution in [2.45, 2.75) is 34.1 Å². The number of aliphatic imine (C=N–C) groups is 2. The molecule has 0 fully saturated rings. The van der Waals surface area contributed by atoms with Crippen LogP contribution in [0.25, 0.3) is 5.57 Å². The Hall–Kier alpha value is -3.32. The van der Waals surface area contributed by atoms with Gasteiger partial charge in [0, 0.05) is 42.8 Å². The number of anilines is 1. The topological polar surface area (TPSA) is 57.1 Å². The number of carbonyl (C=O) groups excluding carboxylic acids is 1. The Labute approximate surface area is 204 Å². The number of nitrogens with zero attached hydrogens (tertiary/aromatic N) is 3. The van der Waals surface area contributed by atoms with Crippen molar-refractivity contribution >= 4 is 40.3 Å². The maximum atomic E-state index is 14.2. The molecule has 0 saturated heterocycles. The van der Waals surface area contributed by atoms with Crippen molar-refractivity contribution in [3.8, 4) is 0 Å². The maximum Gasteiger partial charge on any atom is 0.253 e. The zero-order chi connectivity index (χ0) is 25.3. The highest BCUT2D eigenvalue weighted by molar-refractivity contribution is 6.45. The summed E-state index contributed by atoms with van der Waals surface area (Å²) in [5, 5.41) is 2.91. The summed E-state index contributed by atoms with van der Waals surface area (Å²) in [5.41, 5.74) is 2.34. The molecule has 1 N–H and O–H groups in total. The van der Waals surface area contributed by atoms with Crippen LogP contribution in [0, 0.1) is 11.6 Å². The summed E-state index contributed by atoms with van der Waals surface area (Å²) in [7, 11) is 1.78. The van der Waals surface area contributed by atoms with Crippen LogP contribution in [-0.4, -0.2) is 35.9 Å². The van der Waals surface area contributed by atoms with Gasteiger partial charge in [0.15, 0.2) is 17.5 Å². The Morgan fingerprint density at radius 3 is 2.38 bits per heavy atom. The van der Waals surface area contributed by atoms with Crippen LogP contribution < -0.4 is 5.32 Å². The van der Waals surface area contributed by atoms with E-state index in [4.69, 9.17) is 11.6 Å². The number of hydrogen-bond acceptors (Lipinski definition) is 3. The van der Waals surface area contributed by atoms with Crippen LogP contribution in [0.5, 0.6) is 0 Å². The molecule has 8 heteroatoms. The summed E-state index contributed by atoms with van der Waals surface area (Å²) in [6, 6.07) is 9.79. The van der Waals surface area contributed by atoms with Gasteiger partial charge < -0.3 is 10.2 Å². The maximum absolute atomic E-state index is 14.2. The van der Waals surface area contributed by atoms with Crippen molar-refractivity contribution in [1.82, 2.24) is 4.90 Å². The van der Waals surface area contributed by atoms with Crippen molar-refractivity contribution in [3.05, 3.63) is 82.7 Å². The van der Waals surface area contributed by atoms with Crippen molar-refractivity contribution in [2.75, 3.05) is 18.9 Å². The van der Waals surface area contributed by atoms with Crippen molar-refractivity contribution in [2.24, 2.45) is 9.98 Å². The van der Waals surface area contributed by atoms with Crippen LogP contribution in [0.15, 0.2) is 64.9 Å². The Kier molecular flexibility index (Phi) is 10.1. The fourth-order valence-corrected chi connectivity index (χ4v) is 3.16. The van der Waals surface area contributed by atoms with E-state index in [1.807, 2.05) is 13.8 Å². The Morgan fingerprint density at radius 1 is 1.09 bits per heavy atom. The van der Waals surface area contributed by atoms with Crippen molar-refractivity contribution in [1.29, 1.82) is 0 Å². The molecule has 0 saturated carbocycles. The van der Waals surface area contributed by atoms with E-state index in [0.29, 0.717) is 29.2 Å². The van der Waals surface area contributed by atoms with Crippen molar-refractivity contribution < 1.29 is 13.6 Å². The smallest absolute Gasteiger partial charge is 0.253 e. The van der Waals surface area contributed by atoms with Gasteiger partial charge >= 0.3 is 0 Å². The van der Waals surface area contributed by atoms with Gasteiger partial charge in [-0.1, -0.05) is 30.7 Å². The molecule has 0 spiro atoms. The molecule has 0 bridgehead atoms. The third-order valence-corrected chi connectivity index (χ3v) is 5.20. The minimum Gasteiger partial charge on any atom is -0.342 e. The summed E-state index contributed by atoms with van der Waals surface area (Å²) in [4.78, 5) is 22.9. The molecule has 0 aliphatic carbocycles. The second kappa shape index (κ2) is 12.8. The van der Waals surface area contributed by atoms with E-state index in [2.05, 4.69) is 15.3 Å². The van der Waals surface area contributed by atoms with E-state index in [1.165, 1.54) is 18.3 Å². The summed E-state index contributed by atoms with van der Waals surface area (Å²) >= 11 is 5.63. The van der Waals surface area contributed by atoms with Gasteiger partial charge in [-0.15, -0.1) is 0 Å². The minimum absolute atomic E-state index is 0.0413. The van der Waals surface area contributed by atoms with Crippen LogP contribution in [0.2, 0.25) is 5.02 Å². The second-order valence-corrected chi connectivity index (χ2v) is 8.05. The Morgan fingerprint density at radius 2 is 1.76 bits per heavy atom. The molecule has 5 nitrogen and oxygen atoms in total. The molecule has 2 aromatic carbocycles. The molecule has 2 rings (SSSR count). The van der Waals surface area contributed by atoms with Crippen molar-refractivity contribution in [3.63, 3.8) is 0 Å². The van der Waals surface area contributed by atoms with Gasteiger partial charge in [0.25, 0.3) is 5.91 Å². The summed E-state index contributed by atoms with van der Waals surface area (Å²) in [5.74, 6) is -1.69. The van der Waals surface area contributed by atoms with E-state index in [-0.39, 0.29) is 16.5 Å². The molecule has 0 aliphatic rings. The molecule has 0 aliphatic heterocycles. The highest BCUT2D eigenvalue weighted by atomic mass is 35.5. The normalized spacial score (nSPS) is 12.9. The molecule has 0 radical (unpaired) electrons. The lowest BCUT2D eigenvalue weighted by Gasteiger charge is -2.16. The predicted octanol–water partition coefficient (Wildman–Crippen LogP) is 6.97. The second-order valence-electron chi connectivity index (χ2n) is 7.64. The van der Waals surface area contributed by atoms with Crippen LogP contribution in [0.3, 0.4) is 0 Å². The molecule has 1 amide bonds. The largest absolute Gasteiger partial charge is 0.342 e. The predicted molar refractivity (Wildman–Crippen MR) is 138 cm³/mol. The van der Waals surface area contributed by atoms with Crippen LogP contribution in [0.4, 0.5) is 14.5 Å². The zero-order valence-corrected chi connectivity index (χ0v) is 20.8. The van der Waals surface area contributed by atoms with Gasteiger partial charge in [0.05, 0.1) is 10.7 Å². The highest BCUT2D eigenvalue weighted by Gasteiger charge is 2.14. The molecule has 0 unspecified atom stereocenters. The first-order chi connectivity index (χ1) is 16.2. The molecule has 2 aromatic rings. The van der Waals surface area contributed by atoms with E-state index < -0.39 is 11.6 Å². The molecular weight excluding hydrogens is 458 g/mol. The quantitative estimate of drug-likeness (QED) is 0.249. The molecule has 0 atom stereocenters. The highest BCUT2D eigenvalue weighted by Crippen LogP contribution is 2.25. The first-order valence-corrected chi connectivity index (χ1v) is 11.2.